The predicted octanol–water partition coefficient (Wildman–Crippen LogP) is 8.35. The number of ether oxygens (including phenoxy) is 2. The molecule has 0 radical (unpaired) electrons. The topological polar surface area (TPSA) is 21.8 Å². The fraction of sp³-hybridized carbons (Fsp3) is 0.704. The maximum Gasteiger partial charge on any atom is 0.126 e. The summed E-state index contributed by atoms with van der Waals surface area (Å²) < 4.78 is 11.4. The molecule has 1 heterocycles. The lowest BCUT2D eigenvalue weighted by molar-refractivity contribution is 0.202. The van der Waals surface area contributed by atoms with E-state index in [2.05, 4.69) is 44.2 Å². The summed E-state index contributed by atoms with van der Waals surface area (Å²) in [6, 6.07) is 8.30. The molecule has 0 aromatic heterocycles. The predicted molar refractivity (Wildman–Crippen MR) is 126 cm³/mol. The minimum Gasteiger partial charge on any atom is -0.490 e. The molecule has 0 N–H and O–H groups in total. The smallest absolute Gasteiger partial charge is 0.126 e. The van der Waals surface area contributed by atoms with E-state index in [4.69, 9.17) is 9.47 Å². The Morgan fingerprint density at radius 1 is 0.862 bits per heavy atom. The molecule has 0 spiro atoms. The van der Waals surface area contributed by atoms with E-state index in [0.717, 1.165) is 18.8 Å². The molecule has 0 amide bonds. The Morgan fingerprint density at radius 2 is 1.41 bits per heavy atom. The van der Waals surface area contributed by atoms with Gasteiger partial charge >= 0.3 is 0 Å². The molecular formula is C27H44O2. The third-order valence-corrected chi connectivity index (χ3v) is 5.86. The average molecular weight is 401 g/mol. The highest BCUT2D eigenvalue weighted by atomic mass is 16.6. The Kier molecular flexibility index (Phi) is 12.1. The summed E-state index contributed by atoms with van der Waals surface area (Å²) in [6.45, 7) is 5.83. The second kappa shape index (κ2) is 14.7. The van der Waals surface area contributed by atoms with Gasteiger partial charge in [-0.25, -0.2) is 0 Å². The molecule has 29 heavy (non-hydrogen) atoms. The monoisotopic (exact) mass is 400 g/mol. The summed E-state index contributed by atoms with van der Waals surface area (Å²) in [6.07, 6.45) is 24.0. The molecule has 1 aliphatic rings. The van der Waals surface area contributed by atoms with Crippen LogP contribution in [0.4, 0.5) is 0 Å². The third-order valence-electron chi connectivity index (χ3n) is 5.86. The van der Waals surface area contributed by atoms with E-state index in [1.165, 1.54) is 89.0 Å². The van der Waals surface area contributed by atoms with Gasteiger partial charge in [0, 0.05) is 5.56 Å². The quantitative estimate of drug-likeness (QED) is 0.182. The van der Waals surface area contributed by atoms with Gasteiger partial charge in [-0.05, 0) is 25.8 Å². The SMILES string of the molecule is CCCCCCCCCCCCCCC/C=C/c1ccccc1OCC1(C)CO1. The maximum atomic E-state index is 5.96. The van der Waals surface area contributed by atoms with Crippen LogP contribution in [0.5, 0.6) is 5.75 Å². The molecule has 164 valence electrons. The number of hydrogen-bond donors (Lipinski definition) is 0. The van der Waals surface area contributed by atoms with E-state index in [1.54, 1.807) is 0 Å². The van der Waals surface area contributed by atoms with Gasteiger partial charge < -0.3 is 9.47 Å². The number of allylic oxidation sites excluding steroid dienone is 1. The van der Waals surface area contributed by atoms with E-state index in [-0.39, 0.29) is 5.60 Å². The van der Waals surface area contributed by atoms with Gasteiger partial charge in [-0.15, -0.1) is 0 Å². The van der Waals surface area contributed by atoms with Crippen molar-refractivity contribution in [1.29, 1.82) is 0 Å². The second-order valence-electron chi connectivity index (χ2n) is 9.00. The lowest BCUT2D eigenvalue weighted by Crippen LogP contribution is -2.17. The molecule has 1 unspecified atom stereocenters. The first-order chi connectivity index (χ1) is 14.2. The zero-order chi connectivity index (χ0) is 20.6. The first-order valence-electron chi connectivity index (χ1n) is 12.3. The molecule has 2 rings (SSSR count). The Balaban J connectivity index is 1.44. The van der Waals surface area contributed by atoms with Crippen LogP contribution in [0.1, 0.15) is 109 Å². The van der Waals surface area contributed by atoms with Crippen LogP contribution in [-0.4, -0.2) is 18.8 Å². The highest BCUT2D eigenvalue weighted by Gasteiger charge is 2.40. The summed E-state index contributed by atoms with van der Waals surface area (Å²) in [5, 5.41) is 0. The number of unbranched alkanes of at least 4 members (excludes halogenated alkanes) is 13. The molecule has 0 saturated carbocycles. The van der Waals surface area contributed by atoms with Crippen LogP contribution in [0.2, 0.25) is 0 Å². The highest BCUT2D eigenvalue weighted by Crippen LogP contribution is 2.28. The standard InChI is InChI=1S/C27H44O2/c1-3-4-5-6-7-8-9-10-11-12-13-14-15-16-17-20-25-21-18-19-22-26(25)28-23-27(2)24-29-27/h17-22H,3-16,23-24H2,1-2H3/b20-17+. The minimum absolute atomic E-state index is 0.0640. The molecule has 2 heteroatoms. The van der Waals surface area contributed by atoms with Gasteiger partial charge in [0.2, 0.25) is 0 Å². The fourth-order valence-corrected chi connectivity index (χ4v) is 3.68. The fourth-order valence-electron chi connectivity index (χ4n) is 3.68. The van der Waals surface area contributed by atoms with Crippen LogP contribution in [0.15, 0.2) is 30.3 Å². The van der Waals surface area contributed by atoms with E-state index in [1.807, 2.05) is 6.07 Å². The van der Waals surface area contributed by atoms with Gasteiger partial charge in [-0.1, -0.05) is 114 Å². The highest BCUT2D eigenvalue weighted by molar-refractivity contribution is 5.57. The van der Waals surface area contributed by atoms with Crippen LogP contribution >= 0.6 is 0 Å². The average Bonchev–Trinajstić information content (AvgIpc) is 3.47. The molecule has 1 aromatic rings. The zero-order valence-electron chi connectivity index (χ0n) is 19.1. The summed E-state index contributed by atoms with van der Waals surface area (Å²) >= 11 is 0. The Hall–Kier alpha value is -1.28. The van der Waals surface area contributed by atoms with Crippen molar-refractivity contribution < 1.29 is 9.47 Å². The number of hydrogen-bond acceptors (Lipinski definition) is 2. The molecule has 0 bridgehead atoms. The molecule has 1 atom stereocenters. The van der Waals surface area contributed by atoms with Gasteiger partial charge in [-0.2, -0.15) is 0 Å². The van der Waals surface area contributed by atoms with Gasteiger partial charge in [0.25, 0.3) is 0 Å². The van der Waals surface area contributed by atoms with Crippen LogP contribution in [0.25, 0.3) is 6.08 Å². The van der Waals surface area contributed by atoms with E-state index in [9.17, 15) is 0 Å². The normalized spacial score (nSPS) is 18.4. The van der Waals surface area contributed by atoms with Gasteiger partial charge in [-0.3, -0.25) is 0 Å². The van der Waals surface area contributed by atoms with Crippen molar-refractivity contribution in [2.75, 3.05) is 13.2 Å². The van der Waals surface area contributed by atoms with Crippen molar-refractivity contribution in [2.45, 2.75) is 109 Å². The van der Waals surface area contributed by atoms with Crippen LogP contribution < -0.4 is 4.74 Å². The Morgan fingerprint density at radius 3 is 2.00 bits per heavy atom. The van der Waals surface area contributed by atoms with Crippen molar-refractivity contribution in [3.05, 3.63) is 35.9 Å². The first-order valence-corrected chi connectivity index (χ1v) is 12.3. The molecule has 1 aromatic carbocycles. The van der Waals surface area contributed by atoms with Crippen molar-refractivity contribution >= 4 is 6.08 Å². The summed E-state index contributed by atoms with van der Waals surface area (Å²) in [7, 11) is 0. The van der Waals surface area contributed by atoms with Crippen LogP contribution in [0, 0.1) is 0 Å². The summed E-state index contributed by atoms with van der Waals surface area (Å²) in [4.78, 5) is 0. The van der Waals surface area contributed by atoms with Gasteiger partial charge in [0.15, 0.2) is 0 Å². The lowest BCUT2D eigenvalue weighted by Gasteiger charge is -2.11. The maximum absolute atomic E-state index is 5.96. The molecule has 1 saturated heterocycles. The van der Waals surface area contributed by atoms with E-state index >= 15 is 0 Å². The molecule has 1 fully saturated rings. The number of epoxide rings is 1. The van der Waals surface area contributed by atoms with Crippen molar-refractivity contribution in [1.82, 2.24) is 0 Å². The number of para-hydroxylation sites is 1. The molecule has 0 aliphatic carbocycles. The molecule has 2 nitrogen and oxygen atoms in total. The van der Waals surface area contributed by atoms with Crippen LogP contribution in [0.3, 0.4) is 0 Å². The van der Waals surface area contributed by atoms with Crippen molar-refractivity contribution in [2.24, 2.45) is 0 Å². The van der Waals surface area contributed by atoms with Crippen molar-refractivity contribution in [3.8, 4) is 5.75 Å². The molecule has 1 aliphatic heterocycles. The van der Waals surface area contributed by atoms with E-state index in [0.29, 0.717) is 6.61 Å². The number of rotatable bonds is 18. The van der Waals surface area contributed by atoms with Gasteiger partial charge in [0.05, 0.1) is 6.61 Å². The summed E-state index contributed by atoms with van der Waals surface area (Å²) in [5.41, 5.74) is 1.11. The lowest BCUT2D eigenvalue weighted by atomic mass is 10.0. The first kappa shape index (κ1) is 24.0. The third kappa shape index (κ3) is 11.5. The van der Waals surface area contributed by atoms with Gasteiger partial charge in [0.1, 0.15) is 18.0 Å². The second-order valence-corrected chi connectivity index (χ2v) is 9.00. The molecular weight excluding hydrogens is 356 g/mol. The Bertz CT molecular complexity index is 559. The van der Waals surface area contributed by atoms with Crippen LogP contribution in [-0.2, 0) is 4.74 Å². The summed E-state index contributed by atoms with van der Waals surface area (Å²) in [5.74, 6) is 0.964. The largest absolute Gasteiger partial charge is 0.490 e. The van der Waals surface area contributed by atoms with E-state index < -0.39 is 0 Å². The minimum atomic E-state index is -0.0640. The van der Waals surface area contributed by atoms with Crippen molar-refractivity contribution in [3.63, 3.8) is 0 Å². The number of benzene rings is 1. The zero-order valence-corrected chi connectivity index (χ0v) is 19.1. The Labute approximate surface area is 180 Å².